The summed E-state index contributed by atoms with van der Waals surface area (Å²) >= 11 is 0. The van der Waals surface area contributed by atoms with E-state index in [0.717, 1.165) is 11.3 Å². The number of carbonyl (C=O) groups excluding carboxylic acids is 2. The highest BCUT2D eigenvalue weighted by molar-refractivity contribution is 7.91. The molecule has 2 aromatic rings. The highest BCUT2D eigenvalue weighted by Crippen LogP contribution is 2.31. The van der Waals surface area contributed by atoms with Gasteiger partial charge in [0.15, 0.2) is 15.7 Å². The fourth-order valence-electron chi connectivity index (χ4n) is 3.00. The van der Waals surface area contributed by atoms with Crippen LogP contribution in [0.5, 0.6) is 0 Å². The normalized spacial score (nSPS) is 13.5. The number of benzene rings is 1. The average molecular weight is 391 g/mol. The van der Waals surface area contributed by atoms with Crippen LogP contribution in [0.1, 0.15) is 31.1 Å². The molecule has 2 amide bonds. The number of rotatable bonds is 6. The predicted octanol–water partition coefficient (Wildman–Crippen LogP) is 2.08. The van der Waals surface area contributed by atoms with Crippen LogP contribution in [0.3, 0.4) is 0 Å². The lowest BCUT2D eigenvalue weighted by atomic mass is 10.2. The molecular weight excluding hydrogens is 370 g/mol. The van der Waals surface area contributed by atoms with Crippen molar-refractivity contribution in [3.05, 3.63) is 35.6 Å². The van der Waals surface area contributed by atoms with Gasteiger partial charge in [0.25, 0.3) is 0 Å². The van der Waals surface area contributed by atoms with E-state index in [1.807, 2.05) is 0 Å². The summed E-state index contributed by atoms with van der Waals surface area (Å²) in [5.41, 5.74) is 1.60. The zero-order valence-electron chi connectivity index (χ0n) is 15.2. The number of carbonyl (C=O) groups is 2. The van der Waals surface area contributed by atoms with Crippen molar-refractivity contribution in [2.24, 2.45) is 0 Å². The molecule has 1 aromatic carbocycles. The Morgan fingerprint density at radius 2 is 2.07 bits per heavy atom. The van der Waals surface area contributed by atoms with Crippen molar-refractivity contribution in [1.82, 2.24) is 5.16 Å². The van der Waals surface area contributed by atoms with Crippen LogP contribution in [0.2, 0.25) is 0 Å². The van der Waals surface area contributed by atoms with E-state index in [-0.39, 0.29) is 28.8 Å². The molecular formula is C18H21N3O5S. The third-order valence-corrected chi connectivity index (χ3v) is 6.12. The highest BCUT2D eigenvalue weighted by atomic mass is 32.2. The molecule has 0 spiro atoms. The summed E-state index contributed by atoms with van der Waals surface area (Å²) in [5.74, 6) is 0.0585. The van der Waals surface area contributed by atoms with Gasteiger partial charge in [0.1, 0.15) is 5.76 Å². The fourth-order valence-corrected chi connectivity index (χ4v) is 4.28. The first-order valence-electron chi connectivity index (χ1n) is 8.69. The Labute approximate surface area is 157 Å². The van der Waals surface area contributed by atoms with Crippen molar-refractivity contribution in [3.63, 3.8) is 0 Å². The van der Waals surface area contributed by atoms with Crippen molar-refractivity contribution >= 4 is 33.2 Å². The number of amides is 2. The number of fused-ring (bicyclic) bond motifs is 1. The standard InChI is InChI=1S/C18H21N3O5S/c1-3-18(23)21-8-6-13-11-14(4-5-15(13)21)27(24,25)9-7-17(22)19-16-10-12(2)26-20-16/h4-5,10-11H,3,6-9H2,1-2H3,(H,19,20,22). The van der Waals surface area contributed by atoms with E-state index >= 15 is 0 Å². The second-order valence-electron chi connectivity index (χ2n) is 6.38. The maximum absolute atomic E-state index is 12.6. The highest BCUT2D eigenvalue weighted by Gasteiger charge is 2.26. The third kappa shape index (κ3) is 4.19. The summed E-state index contributed by atoms with van der Waals surface area (Å²) in [5, 5.41) is 6.14. The minimum absolute atomic E-state index is 0.0177. The summed E-state index contributed by atoms with van der Waals surface area (Å²) < 4.78 is 30.0. The number of aryl methyl sites for hydroxylation is 1. The molecule has 0 atom stereocenters. The molecule has 0 bridgehead atoms. The Morgan fingerprint density at radius 1 is 1.30 bits per heavy atom. The van der Waals surface area contributed by atoms with Gasteiger partial charge in [0.2, 0.25) is 11.8 Å². The predicted molar refractivity (Wildman–Crippen MR) is 99.3 cm³/mol. The first-order chi connectivity index (χ1) is 12.8. The molecule has 2 heterocycles. The summed E-state index contributed by atoms with van der Waals surface area (Å²) in [6.45, 7) is 4.05. The number of hydrogen-bond acceptors (Lipinski definition) is 6. The lowest BCUT2D eigenvalue weighted by Crippen LogP contribution is -2.27. The molecule has 0 unspecified atom stereocenters. The lowest BCUT2D eigenvalue weighted by Gasteiger charge is -2.16. The molecule has 0 saturated carbocycles. The van der Waals surface area contributed by atoms with Crippen LogP contribution in [-0.4, -0.2) is 37.7 Å². The number of nitrogens with zero attached hydrogens (tertiary/aromatic N) is 2. The molecule has 1 aliphatic rings. The first-order valence-corrected chi connectivity index (χ1v) is 10.3. The monoisotopic (exact) mass is 391 g/mol. The molecule has 0 fully saturated rings. The molecule has 1 aromatic heterocycles. The molecule has 1 aliphatic heterocycles. The van der Waals surface area contributed by atoms with Gasteiger partial charge in [-0.25, -0.2) is 8.42 Å². The SMILES string of the molecule is CCC(=O)N1CCc2cc(S(=O)(=O)CCC(=O)Nc3cc(C)on3)ccc21. The molecule has 144 valence electrons. The van der Waals surface area contributed by atoms with Crippen LogP contribution in [0, 0.1) is 6.92 Å². The van der Waals surface area contributed by atoms with E-state index in [4.69, 9.17) is 4.52 Å². The second-order valence-corrected chi connectivity index (χ2v) is 8.49. The Morgan fingerprint density at radius 3 is 2.74 bits per heavy atom. The van der Waals surface area contributed by atoms with Gasteiger partial charge in [-0.3, -0.25) is 9.59 Å². The van der Waals surface area contributed by atoms with Crippen molar-refractivity contribution in [1.29, 1.82) is 0 Å². The molecule has 0 saturated heterocycles. The van der Waals surface area contributed by atoms with Crippen LogP contribution in [0.4, 0.5) is 11.5 Å². The van der Waals surface area contributed by atoms with Crippen LogP contribution < -0.4 is 10.2 Å². The molecule has 1 N–H and O–H groups in total. The minimum Gasteiger partial charge on any atom is -0.360 e. The largest absolute Gasteiger partial charge is 0.360 e. The summed E-state index contributed by atoms with van der Waals surface area (Å²) in [4.78, 5) is 25.7. The Balaban J connectivity index is 1.67. The molecule has 9 heteroatoms. The van der Waals surface area contributed by atoms with Crippen molar-refractivity contribution in [2.75, 3.05) is 22.5 Å². The van der Waals surface area contributed by atoms with E-state index in [1.165, 1.54) is 6.07 Å². The van der Waals surface area contributed by atoms with Crippen LogP contribution >= 0.6 is 0 Å². The van der Waals surface area contributed by atoms with Gasteiger partial charge in [-0.05, 0) is 37.1 Å². The van der Waals surface area contributed by atoms with E-state index < -0.39 is 15.7 Å². The van der Waals surface area contributed by atoms with Crippen LogP contribution in [-0.2, 0) is 25.8 Å². The Bertz CT molecular complexity index is 981. The van der Waals surface area contributed by atoms with E-state index in [0.29, 0.717) is 25.1 Å². The van der Waals surface area contributed by atoms with Gasteiger partial charge < -0.3 is 14.7 Å². The quantitative estimate of drug-likeness (QED) is 0.807. The summed E-state index contributed by atoms with van der Waals surface area (Å²) in [6, 6.07) is 6.32. The number of anilines is 2. The number of sulfone groups is 1. The van der Waals surface area contributed by atoms with Gasteiger partial charge in [-0.2, -0.15) is 0 Å². The Hall–Kier alpha value is -2.68. The topological polar surface area (TPSA) is 110 Å². The van der Waals surface area contributed by atoms with Gasteiger partial charge in [-0.15, -0.1) is 0 Å². The van der Waals surface area contributed by atoms with Gasteiger partial charge in [0, 0.05) is 31.1 Å². The van der Waals surface area contributed by atoms with Crippen molar-refractivity contribution in [3.8, 4) is 0 Å². The molecule has 3 rings (SSSR count). The van der Waals surface area contributed by atoms with Crippen LogP contribution in [0.15, 0.2) is 33.7 Å². The van der Waals surface area contributed by atoms with E-state index in [1.54, 1.807) is 36.9 Å². The second kappa shape index (κ2) is 7.51. The smallest absolute Gasteiger partial charge is 0.226 e. The Kier molecular flexibility index (Phi) is 5.31. The zero-order chi connectivity index (χ0) is 19.6. The molecule has 8 nitrogen and oxygen atoms in total. The van der Waals surface area contributed by atoms with Gasteiger partial charge in [0.05, 0.1) is 10.6 Å². The van der Waals surface area contributed by atoms with E-state index in [9.17, 15) is 18.0 Å². The maximum Gasteiger partial charge on any atom is 0.226 e. The molecule has 0 aliphatic carbocycles. The van der Waals surface area contributed by atoms with Gasteiger partial charge >= 0.3 is 0 Å². The van der Waals surface area contributed by atoms with Gasteiger partial charge in [-0.1, -0.05) is 12.1 Å². The fraction of sp³-hybridized carbons (Fsp3) is 0.389. The van der Waals surface area contributed by atoms with Crippen molar-refractivity contribution < 1.29 is 22.5 Å². The minimum atomic E-state index is -3.62. The van der Waals surface area contributed by atoms with E-state index in [2.05, 4.69) is 10.5 Å². The number of nitrogens with one attached hydrogen (secondary N) is 1. The number of aromatic nitrogens is 1. The maximum atomic E-state index is 12.6. The average Bonchev–Trinajstić information content (AvgIpc) is 3.25. The van der Waals surface area contributed by atoms with Crippen molar-refractivity contribution in [2.45, 2.75) is 38.0 Å². The number of hydrogen-bond donors (Lipinski definition) is 1. The van der Waals surface area contributed by atoms with Crippen LogP contribution in [0.25, 0.3) is 0 Å². The summed E-state index contributed by atoms with van der Waals surface area (Å²) in [6.07, 6.45) is 0.835. The third-order valence-electron chi connectivity index (χ3n) is 4.40. The zero-order valence-corrected chi connectivity index (χ0v) is 16.0. The lowest BCUT2D eigenvalue weighted by molar-refractivity contribution is -0.118. The first kappa shape index (κ1) is 19.1. The molecule has 27 heavy (non-hydrogen) atoms. The summed E-state index contributed by atoms with van der Waals surface area (Å²) in [7, 11) is -3.62. The molecule has 0 radical (unpaired) electrons.